The van der Waals surface area contributed by atoms with Crippen LogP contribution >= 0.6 is 0 Å². The number of likely N-dealkylation sites (tertiary alicyclic amines) is 1. The fourth-order valence-corrected chi connectivity index (χ4v) is 3.06. The van der Waals surface area contributed by atoms with Gasteiger partial charge in [-0.1, -0.05) is 12.8 Å². The van der Waals surface area contributed by atoms with Gasteiger partial charge in [-0.15, -0.1) is 0 Å². The number of rotatable bonds is 2. The van der Waals surface area contributed by atoms with E-state index in [1.807, 2.05) is 0 Å². The number of amides is 1. The first-order valence-corrected chi connectivity index (χ1v) is 6.53. The molecule has 2 aliphatic rings. The minimum Gasteiger partial charge on any atom is -0.426 e. The summed E-state index contributed by atoms with van der Waals surface area (Å²) in [6.07, 6.45) is 5.39. The summed E-state index contributed by atoms with van der Waals surface area (Å²) in [5, 5.41) is 18.5. The SMILES string of the molecule is N[C@@H]1CCCC[C@H]1C(=O)N1CCC[C@H]1B(O)O. The maximum atomic E-state index is 12.3. The highest BCUT2D eigenvalue weighted by Gasteiger charge is 2.40. The number of hydrogen-bond donors (Lipinski definition) is 3. The number of hydrogen-bond acceptors (Lipinski definition) is 4. The van der Waals surface area contributed by atoms with E-state index in [1.54, 1.807) is 4.90 Å². The van der Waals surface area contributed by atoms with Crippen molar-refractivity contribution < 1.29 is 14.8 Å². The molecule has 1 amide bonds. The second-order valence-corrected chi connectivity index (χ2v) is 5.21. The van der Waals surface area contributed by atoms with Crippen molar-refractivity contribution in [2.45, 2.75) is 50.5 Å². The lowest BCUT2D eigenvalue weighted by molar-refractivity contribution is -0.137. The lowest BCUT2D eigenvalue weighted by Crippen LogP contribution is -2.51. The Hall–Kier alpha value is -0.585. The van der Waals surface area contributed by atoms with Crippen molar-refractivity contribution >= 4 is 13.0 Å². The van der Waals surface area contributed by atoms with Crippen molar-refractivity contribution in [3.8, 4) is 0 Å². The molecular weight excluding hydrogens is 219 g/mol. The van der Waals surface area contributed by atoms with E-state index >= 15 is 0 Å². The number of nitrogens with two attached hydrogens (primary N) is 1. The Morgan fingerprint density at radius 2 is 1.88 bits per heavy atom. The molecule has 1 heterocycles. The van der Waals surface area contributed by atoms with Gasteiger partial charge in [-0.2, -0.15) is 0 Å². The molecule has 6 heteroatoms. The Labute approximate surface area is 102 Å². The Kier molecular flexibility index (Phi) is 4.07. The van der Waals surface area contributed by atoms with E-state index in [1.165, 1.54) is 0 Å². The second kappa shape index (κ2) is 5.37. The molecule has 96 valence electrons. The molecule has 17 heavy (non-hydrogen) atoms. The van der Waals surface area contributed by atoms with Crippen LogP contribution in [-0.2, 0) is 4.79 Å². The number of carbonyl (C=O) groups excluding carboxylic acids is 1. The maximum absolute atomic E-state index is 12.3. The van der Waals surface area contributed by atoms with Crippen LogP contribution in [0.15, 0.2) is 0 Å². The fraction of sp³-hybridized carbons (Fsp3) is 0.909. The molecular formula is C11H21BN2O3. The van der Waals surface area contributed by atoms with Crippen LogP contribution in [0.25, 0.3) is 0 Å². The molecule has 0 aromatic carbocycles. The van der Waals surface area contributed by atoms with Crippen LogP contribution in [0.5, 0.6) is 0 Å². The molecule has 0 radical (unpaired) electrons. The van der Waals surface area contributed by atoms with Gasteiger partial charge in [-0.25, -0.2) is 0 Å². The molecule has 0 bridgehead atoms. The van der Waals surface area contributed by atoms with Gasteiger partial charge in [0.25, 0.3) is 0 Å². The minimum atomic E-state index is -1.43. The van der Waals surface area contributed by atoms with Crippen LogP contribution in [0.2, 0.25) is 0 Å². The topological polar surface area (TPSA) is 86.8 Å². The normalized spacial score (nSPS) is 33.8. The molecule has 1 aliphatic carbocycles. The first kappa shape index (κ1) is 12.9. The van der Waals surface area contributed by atoms with E-state index in [0.717, 1.165) is 32.1 Å². The lowest BCUT2D eigenvalue weighted by atomic mass is 9.76. The predicted octanol–water partition coefficient (Wildman–Crippen LogP) is -0.493. The molecule has 5 nitrogen and oxygen atoms in total. The van der Waals surface area contributed by atoms with Gasteiger partial charge in [0.15, 0.2) is 0 Å². The molecule has 2 fully saturated rings. The summed E-state index contributed by atoms with van der Waals surface area (Å²) in [5.41, 5.74) is 6.00. The van der Waals surface area contributed by atoms with Crippen LogP contribution in [0.4, 0.5) is 0 Å². The lowest BCUT2D eigenvalue weighted by Gasteiger charge is -2.33. The Morgan fingerprint density at radius 1 is 1.18 bits per heavy atom. The monoisotopic (exact) mass is 240 g/mol. The first-order chi connectivity index (χ1) is 8.11. The van der Waals surface area contributed by atoms with Crippen LogP contribution in [0, 0.1) is 5.92 Å². The van der Waals surface area contributed by atoms with Crippen molar-refractivity contribution in [1.29, 1.82) is 0 Å². The van der Waals surface area contributed by atoms with Gasteiger partial charge in [0.05, 0.1) is 11.9 Å². The van der Waals surface area contributed by atoms with Crippen molar-refractivity contribution in [1.82, 2.24) is 4.90 Å². The first-order valence-electron chi connectivity index (χ1n) is 6.53. The van der Waals surface area contributed by atoms with Crippen molar-refractivity contribution in [2.24, 2.45) is 11.7 Å². The third-order valence-electron chi connectivity index (χ3n) is 4.06. The standard InChI is InChI=1S/C11H21BN2O3/c13-9-5-2-1-4-8(9)11(15)14-7-3-6-10(14)12(16)17/h8-10,16-17H,1-7,13H2/t8-,9-,10+/m1/s1. The van der Waals surface area contributed by atoms with E-state index in [9.17, 15) is 14.8 Å². The maximum Gasteiger partial charge on any atom is 0.475 e. The molecule has 3 atom stereocenters. The van der Waals surface area contributed by atoms with Crippen LogP contribution < -0.4 is 5.73 Å². The van der Waals surface area contributed by atoms with Crippen LogP contribution in [0.3, 0.4) is 0 Å². The Balaban J connectivity index is 2.03. The summed E-state index contributed by atoms with van der Waals surface area (Å²) >= 11 is 0. The third-order valence-corrected chi connectivity index (χ3v) is 4.06. The minimum absolute atomic E-state index is 0.0211. The van der Waals surface area contributed by atoms with Crippen LogP contribution in [-0.4, -0.2) is 46.5 Å². The summed E-state index contributed by atoms with van der Waals surface area (Å²) in [6.45, 7) is 0.629. The molecule has 2 rings (SSSR count). The van der Waals surface area contributed by atoms with E-state index in [-0.39, 0.29) is 17.9 Å². The average molecular weight is 240 g/mol. The van der Waals surface area contributed by atoms with E-state index in [2.05, 4.69) is 0 Å². The van der Waals surface area contributed by atoms with Gasteiger partial charge >= 0.3 is 7.12 Å². The summed E-state index contributed by atoms with van der Waals surface area (Å²) in [5.74, 6) is -0.535. The summed E-state index contributed by atoms with van der Waals surface area (Å²) in [7, 11) is -1.43. The number of nitrogens with zero attached hydrogens (tertiary/aromatic N) is 1. The third kappa shape index (κ3) is 2.64. The van der Waals surface area contributed by atoms with E-state index < -0.39 is 13.1 Å². The second-order valence-electron chi connectivity index (χ2n) is 5.21. The largest absolute Gasteiger partial charge is 0.475 e. The molecule has 1 aliphatic heterocycles. The van der Waals surface area contributed by atoms with Gasteiger partial charge < -0.3 is 20.7 Å². The van der Waals surface area contributed by atoms with Gasteiger partial charge in [0.1, 0.15) is 0 Å². The van der Waals surface area contributed by atoms with Crippen molar-refractivity contribution in [2.75, 3.05) is 6.54 Å². The summed E-state index contributed by atoms with van der Waals surface area (Å²) in [6, 6.07) is -0.0617. The Morgan fingerprint density at radius 3 is 2.53 bits per heavy atom. The van der Waals surface area contributed by atoms with Gasteiger partial charge in [0, 0.05) is 12.6 Å². The zero-order valence-corrected chi connectivity index (χ0v) is 10.1. The molecule has 0 spiro atoms. The Bertz CT molecular complexity index is 288. The summed E-state index contributed by atoms with van der Waals surface area (Å²) < 4.78 is 0. The van der Waals surface area contributed by atoms with Crippen molar-refractivity contribution in [3.05, 3.63) is 0 Å². The fourth-order valence-electron chi connectivity index (χ4n) is 3.06. The number of carbonyl (C=O) groups is 1. The average Bonchev–Trinajstić information content (AvgIpc) is 2.77. The molecule has 0 unspecified atom stereocenters. The molecule has 0 aromatic heterocycles. The van der Waals surface area contributed by atoms with Gasteiger partial charge in [-0.05, 0) is 25.7 Å². The van der Waals surface area contributed by atoms with Crippen molar-refractivity contribution in [3.63, 3.8) is 0 Å². The molecule has 1 saturated heterocycles. The van der Waals surface area contributed by atoms with E-state index in [4.69, 9.17) is 5.73 Å². The van der Waals surface area contributed by atoms with Gasteiger partial charge in [-0.3, -0.25) is 4.79 Å². The zero-order chi connectivity index (χ0) is 12.4. The quantitative estimate of drug-likeness (QED) is 0.568. The summed E-state index contributed by atoms with van der Waals surface area (Å²) in [4.78, 5) is 14.0. The van der Waals surface area contributed by atoms with E-state index in [0.29, 0.717) is 13.0 Å². The highest BCUT2D eigenvalue weighted by Crippen LogP contribution is 2.28. The molecule has 0 aromatic rings. The smallest absolute Gasteiger partial charge is 0.426 e. The van der Waals surface area contributed by atoms with Crippen LogP contribution in [0.1, 0.15) is 38.5 Å². The highest BCUT2D eigenvalue weighted by molar-refractivity contribution is 6.43. The zero-order valence-electron chi connectivity index (χ0n) is 10.1. The predicted molar refractivity (Wildman–Crippen MR) is 64.9 cm³/mol. The highest BCUT2D eigenvalue weighted by atomic mass is 16.4. The van der Waals surface area contributed by atoms with Gasteiger partial charge in [0.2, 0.25) is 5.91 Å². The molecule has 1 saturated carbocycles. The molecule has 4 N–H and O–H groups in total.